The van der Waals surface area contributed by atoms with Crippen LogP contribution in [0.5, 0.6) is 11.5 Å². The molecule has 0 bridgehead atoms. The highest BCUT2D eigenvalue weighted by atomic mass is 32.2. The van der Waals surface area contributed by atoms with Crippen molar-refractivity contribution in [2.24, 2.45) is 22.9 Å². The van der Waals surface area contributed by atoms with Crippen LogP contribution >= 0.6 is 47.0 Å². The minimum atomic E-state index is -0.509. The smallest absolute Gasteiger partial charge is 0.151 e. The number of hydrogen-bond donors (Lipinski definition) is 8. The Bertz CT molecular complexity index is 1220. The van der Waals surface area contributed by atoms with E-state index < -0.39 is 5.41 Å². The van der Waals surface area contributed by atoms with Gasteiger partial charge < -0.3 is 32.4 Å². The van der Waals surface area contributed by atoms with E-state index >= 15 is 0 Å². The maximum absolute atomic E-state index is 7.78. The molecule has 0 aliphatic heterocycles. The van der Waals surface area contributed by atoms with Crippen molar-refractivity contribution >= 4 is 67.7 Å². The number of nitrogens with two attached hydrogens (primary N) is 4. The summed E-state index contributed by atoms with van der Waals surface area (Å²) in [6.45, 7) is 9.24. The molecule has 42 heavy (non-hydrogen) atoms. The predicted octanol–water partition coefficient (Wildman–Crippen LogP) is 5.71. The monoisotopic (exact) mass is 650 g/mol. The first-order chi connectivity index (χ1) is 19.8. The lowest BCUT2D eigenvalue weighted by Crippen LogP contribution is -2.21. The number of thioether (sulfide) groups is 4. The van der Waals surface area contributed by atoms with Gasteiger partial charge >= 0.3 is 0 Å². The Morgan fingerprint density at radius 1 is 0.619 bits per heavy atom. The normalized spacial score (nSPS) is 11.2. The molecule has 0 fully saturated rings. The third kappa shape index (κ3) is 10.5. The number of nitrogens with one attached hydrogen (secondary N) is 4. The van der Waals surface area contributed by atoms with Gasteiger partial charge in [-0.2, -0.15) is 0 Å². The van der Waals surface area contributed by atoms with Crippen molar-refractivity contribution in [1.82, 2.24) is 0 Å². The molecule has 14 heteroatoms. The van der Waals surface area contributed by atoms with E-state index in [4.69, 9.17) is 54.0 Å². The highest BCUT2D eigenvalue weighted by Crippen LogP contribution is 2.42. The lowest BCUT2D eigenvalue weighted by molar-refractivity contribution is 0.312. The fourth-order valence-electron chi connectivity index (χ4n) is 4.17. The summed E-state index contributed by atoms with van der Waals surface area (Å²) in [6.07, 6.45) is 0.833. The number of amidine groups is 4. The first-order valence-electron chi connectivity index (χ1n) is 13.2. The summed E-state index contributed by atoms with van der Waals surface area (Å²) >= 11 is 4.92. The van der Waals surface area contributed by atoms with Gasteiger partial charge in [-0.1, -0.05) is 92.1 Å². The molecule has 2 aromatic rings. The average Bonchev–Trinajstić information content (AvgIpc) is 2.92. The molecule has 2 aromatic carbocycles. The average molecular weight is 651 g/mol. The van der Waals surface area contributed by atoms with Crippen molar-refractivity contribution in [3.63, 3.8) is 0 Å². The van der Waals surface area contributed by atoms with Crippen molar-refractivity contribution in [2.45, 2.75) is 62.5 Å². The quantitative estimate of drug-likeness (QED) is 0.0867. The molecule has 0 unspecified atom stereocenters. The Labute approximate surface area is 265 Å². The molecule has 0 aromatic heterocycles. The zero-order valence-electron chi connectivity index (χ0n) is 24.5. The molecule has 0 atom stereocenters. The second kappa shape index (κ2) is 16.8. The molecule has 0 aliphatic rings. The van der Waals surface area contributed by atoms with E-state index in [2.05, 4.69) is 38.1 Å². The van der Waals surface area contributed by atoms with Crippen LogP contribution in [0.2, 0.25) is 0 Å². The topological polar surface area (TPSA) is 218 Å². The number of ether oxygens (including phenoxy) is 2. The van der Waals surface area contributed by atoms with E-state index in [1.165, 1.54) is 47.0 Å². The highest BCUT2D eigenvalue weighted by Gasteiger charge is 2.29. The first kappa shape index (κ1) is 35.5. The van der Waals surface area contributed by atoms with Crippen LogP contribution in [0.4, 0.5) is 0 Å². The zero-order chi connectivity index (χ0) is 31.4. The van der Waals surface area contributed by atoms with Gasteiger partial charge in [0.25, 0.3) is 0 Å². The summed E-state index contributed by atoms with van der Waals surface area (Å²) in [4.78, 5) is 0. The lowest BCUT2D eigenvalue weighted by atomic mass is 9.76. The fraction of sp³-hybridized carbons (Fsp3) is 0.429. The molecule has 0 heterocycles. The van der Waals surface area contributed by atoms with Crippen LogP contribution in [0.3, 0.4) is 0 Å². The van der Waals surface area contributed by atoms with E-state index in [9.17, 15) is 0 Å². The van der Waals surface area contributed by atoms with Crippen molar-refractivity contribution in [1.29, 1.82) is 21.6 Å². The third-order valence-electron chi connectivity index (χ3n) is 6.20. The van der Waals surface area contributed by atoms with E-state index in [0.717, 1.165) is 51.3 Å². The zero-order valence-corrected chi connectivity index (χ0v) is 27.8. The van der Waals surface area contributed by atoms with Gasteiger partial charge in [0.15, 0.2) is 20.7 Å². The fourth-order valence-corrected chi connectivity index (χ4v) is 6.27. The van der Waals surface area contributed by atoms with Gasteiger partial charge in [0, 0.05) is 50.7 Å². The van der Waals surface area contributed by atoms with Gasteiger partial charge in [0.05, 0.1) is 13.2 Å². The van der Waals surface area contributed by atoms with E-state index in [1.54, 1.807) is 0 Å². The number of rotatable bonds is 15. The van der Waals surface area contributed by atoms with Gasteiger partial charge in [-0.15, -0.1) is 0 Å². The second-order valence-corrected chi connectivity index (χ2v) is 13.8. The van der Waals surface area contributed by atoms with E-state index in [1.807, 2.05) is 13.8 Å². The Morgan fingerprint density at radius 3 is 1.19 bits per heavy atom. The third-order valence-corrected chi connectivity index (χ3v) is 9.27. The predicted molar refractivity (Wildman–Crippen MR) is 185 cm³/mol. The van der Waals surface area contributed by atoms with Crippen LogP contribution in [-0.2, 0) is 28.4 Å². The second-order valence-electron chi connectivity index (χ2n) is 9.77. The van der Waals surface area contributed by atoms with Crippen LogP contribution < -0.4 is 32.4 Å². The van der Waals surface area contributed by atoms with Crippen LogP contribution in [0.1, 0.15) is 67.5 Å². The van der Waals surface area contributed by atoms with Gasteiger partial charge in [-0.3, -0.25) is 21.6 Å². The molecule has 0 spiro atoms. The molecule has 10 nitrogen and oxygen atoms in total. The van der Waals surface area contributed by atoms with Crippen molar-refractivity contribution in [3.8, 4) is 11.5 Å². The lowest BCUT2D eigenvalue weighted by Gasteiger charge is -2.30. The molecule has 0 amide bonds. The van der Waals surface area contributed by atoms with Crippen LogP contribution in [-0.4, -0.2) is 33.9 Å². The van der Waals surface area contributed by atoms with E-state index in [-0.39, 0.29) is 20.7 Å². The summed E-state index contributed by atoms with van der Waals surface area (Å²) in [5.41, 5.74) is 28.0. The molecular weight excluding hydrogens is 609 g/mol. The number of benzene rings is 2. The molecule has 0 aliphatic carbocycles. The first-order valence-corrected chi connectivity index (χ1v) is 17.2. The van der Waals surface area contributed by atoms with Crippen LogP contribution in [0.25, 0.3) is 0 Å². The van der Waals surface area contributed by atoms with Gasteiger partial charge in [-0.05, 0) is 24.5 Å². The molecule has 0 saturated carbocycles. The summed E-state index contributed by atoms with van der Waals surface area (Å²) in [5.74, 6) is 3.29. The minimum Gasteiger partial charge on any atom is -0.493 e. The minimum absolute atomic E-state index is 0.0182. The Kier molecular flexibility index (Phi) is 14.2. The van der Waals surface area contributed by atoms with Crippen molar-refractivity contribution in [3.05, 3.63) is 57.6 Å². The molecule has 12 N–H and O–H groups in total. The van der Waals surface area contributed by atoms with Gasteiger partial charge in [0.2, 0.25) is 0 Å². The van der Waals surface area contributed by atoms with Crippen LogP contribution in [0.15, 0.2) is 24.3 Å². The Balaban J connectivity index is 2.79. The standard InChI is InChI=1S/C28H42N8O2S4/c1-5-7-38-23-18(14-41-26(33)34)10-21(11-19(23)15-42-27(35)36)28(3,4)20-8-16(12-39-24(29)30)22(37-6-2)17(9-20)13-40-25(31)32/h8-11H,5-7,12-15H2,1-4H3,(H3,29,30)(H3,31,32)(H3,33,34)(H3,35,36). The summed E-state index contributed by atoms with van der Waals surface area (Å²) in [7, 11) is 0. The maximum atomic E-state index is 7.78. The SMILES string of the molecule is CCCOc1c(CSC(=N)N)cc(C(C)(C)c2cc(CSC(=N)N)c(OCC)c(CSC(=N)N)c2)cc1CSC(=N)N. The molecule has 2 rings (SSSR count). The summed E-state index contributed by atoms with van der Waals surface area (Å²) in [6, 6.07) is 8.40. The molecule has 0 radical (unpaired) electrons. The molecule has 230 valence electrons. The molecule has 0 saturated heterocycles. The maximum Gasteiger partial charge on any atom is 0.151 e. The Hall–Kier alpha value is -2.68. The highest BCUT2D eigenvalue weighted by molar-refractivity contribution is 8.13. The number of hydrogen-bond acceptors (Lipinski definition) is 10. The summed E-state index contributed by atoms with van der Waals surface area (Å²) < 4.78 is 12.3. The van der Waals surface area contributed by atoms with Crippen molar-refractivity contribution in [2.75, 3.05) is 13.2 Å². The Morgan fingerprint density at radius 2 is 0.929 bits per heavy atom. The van der Waals surface area contributed by atoms with Crippen LogP contribution in [0, 0.1) is 21.6 Å². The summed E-state index contributed by atoms with van der Waals surface area (Å²) in [5, 5.41) is 31.2. The van der Waals surface area contributed by atoms with E-state index in [0.29, 0.717) is 36.2 Å². The largest absolute Gasteiger partial charge is 0.493 e. The van der Waals surface area contributed by atoms with Gasteiger partial charge in [0.1, 0.15) is 11.5 Å². The van der Waals surface area contributed by atoms with Gasteiger partial charge in [-0.25, -0.2) is 0 Å². The molecular formula is C28H42N8O2S4. The van der Waals surface area contributed by atoms with Crippen molar-refractivity contribution < 1.29 is 9.47 Å².